The number of benzene rings is 2. The van der Waals surface area contributed by atoms with Gasteiger partial charge in [0.05, 0.1) is 0 Å². The Morgan fingerprint density at radius 1 is 0.905 bits per heavy atom. The van der Waals surface area contributed by atoms with Crippen molar-refractivity contribution in [2.45, 2.75) is 26.1 Å². The van der Waals surface area contributed by atoms with Crippen LogP contribution in [-0.2, 0) is 12.8 Å². The number of alkyl halides is 3. The first-order chi connectivity index (χ1) is 9.83. The van der Waals surface area contributed by atoms with E-state index in [0.717, 1.165) is 23.3 Å². The van der Waals surface area contributed by atoms with Gasteiger partial charge >= 0.3 is 6.36 Å². The van der Waals surface area contributed by atoms with Crippen LogP contribution in [-0.4, -0.2) is 6.36 Å². The molecule has 112 valence electrons. The van der Waals surface area contributed by atoms with Gasteiger partial charge < -0.3 is 4.74 Å². The van der Waals surface area contributed by atoms with Crippen LogP contribution in [0.25, 0.3) is 0 Å². The number of ether oxygens (including phenoxy) is 1. The normalized spacial score (nSPS) is 11.5. The Bertz CT molecular complexity index is 603. The van der Waals surface area contributed by atoms with E-state index in [0.29, 0.717) is 18.4 Å². The number of aryl methyl sites for hydroxylation is 3. The summed E-state index contributed by atoms with van der Waals surface area (Å²) in [4.78, 5) is 0. The molecule has 0 aromatic heterocycles. The Labute approximate surface area is 120 Å². The van der Waals surface area contributed by atoms with Gasteiger partial charge in [-0.3, -0.25) is 0 Å². The molecule has 0 aliphatic carbocycles. The molecule has 2 aromatic rings. The van der Waals surface area contributed by atoms with Crippen LogP contribution in [0.4, 0.5) is 17.6 Å². The Morgan fingerprint density at radius 3 is 2.10 bits per heavy atom. The summed E-state index contributed by atoms with van der Waals surface area (Å²) < 4.78 is 53.4. The standard InChI is InChI=1S/C16H14F4O/c1-11-2-4-12(5-3-11)6-7-13-8-9-14(17)15(10-13)21-16(18,19)20/h2-5,8-10H,6-7H2,1H3. The Balaban J connectivity index is 2.06. The lowest BCUT2D eigenvalue weighted by Gasteiger charge is -2.11. The molecular weight excluding hydrogens is 284 g/mol. The molecule has 0 fully saturated rings. The van der Waals surface area contributed by atoms with Crippen LogP contribution in [0, 0.1) is 12.7 Å². The van der Waals surface area contributed by atoms with Crippen molar-refractivity contribution in [3.63, 3.8) is 0 Å². The predicted octanol–water partition coefficient (Wildman–Crippen LogP) is 4.82. The van der Waals surface area contributed by atoms with E-state index in [-0.39, 0.29) is 0 Å². The van der Waals surface area contributed by atoms with E-state index < -0.39 is 17.9 Å². The van der Waals surface area contributed by atoms with E-state index in [2.05, 4.69) is 4.74 Å². The molecule has 2 aromatic carbocycles. The molecule has 0 N–H and O–H groups in total. The van der Waals surface area contributed by atoms with Crippen LogP contribution in [0.5, 0.6) is 5.75 Å². The smallest absolute Gasteiger partial charge is 0.403 e. The minimum absolute atomic E-state index is 0.511. The van der Waals surface area contributed by atoms with Crippen LogP contribution < -0.4 is 4.74 Å². The zero-order chi connectivity index (χ0) is 15.5. The lowest BCUT2D eigenvalue weighted by molar-refractivity contribution is -0.275. The lowest BCUT2D eigenvalue weighted by Crippen LogP contribution is -2.18. The van der Waals surface area contributed by atoms with Crippen LogP contribution in [0.3, 0.4) is 0 Å². The molecule has 0 spiro atoms. The fourth-order valence-electron chi connectivity index (χ4n) is 1.95. The van der Waals surface area contributed by atoms with Gasteiger partial charge in [-0.15, -0.1) is 13.2 Å². The first-order valence-corrected chi connectivity index (χ1v) is 6.43. The molecule has 21 heavy (non-hydrogen) atoms. The first-order valence-electron chi connectivity index (χ1n) is 6.43. The van der Waals surface area contributed by atoms with E-state index in [1.54, 1.807) is 0 Å². The SMILES string of the molecule is Cc1ccc(CCc2ccc(F)c(OC(F)(F)F)c2)cc1. The Morgan fingerprint density at radius 2 is 1.48 bits per heavy atom. The highest BCUT2D eigenvalue weighted by atomic mass is 19.4. The van der Waals surface area contributed by atoms with Crippen molar-refractivity contribution in [1.29, 1.82) is 0 Å². The molecule has 2 rings (SSSR count). The molecule has 0 heterocycles. The fourth-order valence-corrected chi connectivity index (χ4v) is 1.95. The molecule has 0 aliphatic heterocycles. The molecule has 0 bridgehead atoms. The summed E-state index contributed by atoms with van der Waals surface area (Å²) in [6, 6.07) is 11.4. The second kappa shape index (κ2) is 6.16. The second-order valence-corrected chi connectivity index (χ2v) is 4.80. The average Bonchev–Trinajstić information content (AvgIpc) is 2.40. The van der Waals surface area contributed by atoms with Gasteiger partial charge in [0, 0.05) is 0 Å². The maximum absolute atomic E-state index is 13.3. The molecule has 0 aliphatic rings. The molecule has 0 saturated heterocycles. The van der Waals surface area contributed by atoms with E-state index in [1.807, 2.05) is 31.2 Å². The van der Waals surface area contributed by atoms with Crippen molar-refractivity contribution in [3.05, 3.63) is 65.0 Å². The summed E-state index contributed by atoms with van der Waals surface area (Å²) in [7, 11) is 0. The van der Waals surface area contributed by atoms with Crippen molar-refractivity contribution in [2.24, 2.45) is 0 Å². The number of hydrogen-bond donors (Lipinski definition) is 0. The van der Waals surface area contributed by atoms with Crippen molar-refractivity contribution >= 4 is 0 Å². The lowest BCUT2D eigenvalue weighted by atomic mass is 10.0. The first kappa shape index (κ1) is 15.4. The quantitative estimate of drug-likeness (QED) is 0.735. The molecule has 5 heteroatoms. The van der Waals surface area contributed by atoms with Gasteiger partial charge in [-0.25, -0.2) is 4.39 Å². The van der Waals surface area contributed by atoms with Crippen LogP contribution >= 0.6 is 0 Å². The topological polar surface area (TPSA) is 9.23 Å². The average molecular weight is 298 g/mol. The van der Waals surface area contributed by atoms with E-state index >= 15 is 0 Å². The number of halogens is 4. The summed E-state index contributed by atoms with van der Waals surface area (Å²) in [5.74, 6) is -1.81. The maximum Gasteiger partial charge on any atom is 0.573 e. The van der Waals surface area contributed by atoms with Gasteiger partial charge in [-0.1, -0.05) is 35.9 Å². The zero-order valence-electron chi connectivity index (χ0n) is 11.4. The van der Waals surface area contributed by atoms with E-state index in [1.165, 1.54) is 6.07 Å². The largest absolute Gasteiger partial charge is 0.573 e. The molecule has 0 atom stereocenters. The fraction of sp³-hybridized carbons (Fsp3) is 0.250. The second-order valence-electron chi connectivity index (χ2n) is 4.80. The maximum atomic E-state index is 13.3. The van der Waals surface area contributed by atoms with Gasteiger partial charge in [0.25, 0.3) is 0 Å². The van der Waals surface area contributed by atoms with Crippen molar-refractivity contribution in [2.75, 3.05) is 0 Å². The van der Waals surface area contributed by atoms with Crippen LogP contribution in [0.15, 0.2) is 42.5 Å². The Kier molecular flexibility index (Phi) is 4.50. The molecule has 1 nitrogen and oxygen atoms in total. The predicted molar refractivity (Wildman–Crippen MR) is 71.7 cm³/mol. The summed E-state index contributed by atoms with van der Waals surface area (Å²) in [5.41, 5.74) is 2.81. The molecule has 0 unspecified atom stereocenters. The third-order valence-corrected chi connectivity index (χ3v) is 3.04. The minimum Gasteiger partial charge on any atom is -0.403 e. The Hall–Kier alpha value is -2.04. The highest BCUT2D eigenvalue weighted by Crippen LogP contribution is 2.26. The van der Waals surface area contributed by atoms with Crippen molar-refractivity contribution in [3.8, 4) is 5.75 Å². The molecule has 0 radical (unpaired) electrons. The van der Waals surface area contributed by atoms with Crippen molar-refractivity contribution in [1.82, 2.24) is 0 Å². The summed E-state index contributed by atoms with van der Waals surface area (Å²) >= 11 is 0. The third kappa shape index (κ3) is 4.77. The zero-order valence-corrected chi connectivity index (χ0v) is 11.4. The van der Waals surface area contributed by atoms with Gasteiger partial charge in [-0.2, -0.15) is 0 Å². The summed E-state index contributed by atoms with van der Waals surface area (Å²) in [6.07, 6.45) is -3.72. The van der Waals surface area contributed by atoms with E-state index in [4.69, 9.17) is 0 Å². The monoisotopic (exact) mass is 298 g/mol. The molecule has 0 amide bonds. The van der Waals surface area contributed by atoms with Gasteiger partial charge in [-0.05, 0) is 43.0 Å². The number of hydrogen-bond acceptors (Lipinski definition) is 1. The van der Waals surface area contributed by atoms with Crippen LogP contribution in [0.1, 0.15) is 16.7 Å². The molecular formula is C16H14F4O. The summed E-state index contributed by atoms with van der Waals surface area (Å²) in [5, 5.41) is 0. The van der Waals surface area contributed by atoms with Crippen molar-refractivity contribution < 1.29 is 22.3 Å². The van der Waals surface area contributed by atoms with Crippen LogP contribution in [0.2, 0.25) is 0 Å². The van der Waals surface area contributed by atoms with Gasteiger partial charge in [0.1, 0.15) is 0 Å². The highest BCUT2D eigenvalue weighted by Gasteiger charge is 2.32. The molecule has 0 saturated carbocycles. The third-order valence-electron chi connectivity index (χ3n) is 3.04. The van der Waals surface area contributed by atoms with Gasteiger partial charge in [0.15, 0.2) is 11.6 Å². The van der Waals surface area contributed by atoms with E-state index in [9.17, 15) is 17.6 Å². The summed E-state index contributed by atoms with van der Waals surface area (Å²) in [6.45, 7) is 1.98. The van der Waals surface area contributed by atoms with Gasteiger partial charge in [0.2, 0.25) is 0 Å². The minimum atomic E-state index is -4.89. The number of rotatable bonds is 4. The highest BCUT2D eigenvalue weighted by molar-refractivity contribution is 5.31.